The Morgan fingerprint density at radius 1 is 1.33 bits per heavy atom. The number of hydrogen-bond donors (Lipinski definition) is 1. The molecule has 1 aliphatic heterocycles. The summed E-state index contributed by atoms with van der Waals surface area (Å²) >= 11 is 0. The summed E-state index contributed by atoms with van der Waals surface area (Å²) in [4.78, 5) is 24.7. The van der Waals surface area contributed by atoms with Gasteiger partial charge in [-0.05, 0) is 30.5 Å². The third kappa shape index (κ3) is 4.56. The fourth-order valence-electron chi connectivity index (χ4n) is 2.30. The first-order valence-corrected chi connectivity index (χ1v) is 7.28. The highest BCUT2D eigenvalue weighted by Gasteiger charge is 2.16. The zero-order valence-electron chi connectivity index (χ0n) is 12.6. The lowest BCUT2D eigenvalue weighted by Gasteiger charge is -2.15. The average molecular weight is 290 g/mol. The Bertz CT molecular complexity index is 493. The molecule has 0 aliphatic carbocycles. The van der Waals surface area contributed by atoms with Gasteiger partial charge in [0.1, 0.15) is 0 Å². The normalized spacial score (nSPS) is 17.5. The Morgan fingerprint density at radius 2 is 2.05 bits per heavy atom. The van der Waals surface area contributed by atoms with Crippen LogP contribution in [0.1, 0.15) is 25.3 Å². The van der Waals surface area contributed by atoms with Gasteiger partial charge in [0.05, 0.1) is 12.5 Å². The van der Waals surface area contributed by atoms with Crippen LogP contribution >= 0.6 is 0 Å². The molecule has 1 atom stereocenters. The Labute approximate surface area is 125 Å². The molecule has 2 rings (SSSR count). The van der Waals surface area contributed by atoms with E-state index in [4.69, 9.17) is 4.74 Å². The van der Waals surface area contributed by atoms with Gasteiger partial charge in [-0.3, -0.25) is 9.59 Å². The highest BCUT2D eigenvalue weighted by molar-refractivity contribution is 5.90. The van der Waals surface area contributed by atoms with Crippen LogP contribution in [0.4, 0.5) is 5.69 Å². The summed E-state index contributed by atoms with van der Waals surface area (Å²) in [7, 11) is 1.73. The standard InChI is InChI=1S/C16H22N2O3/c1-12(19)18(2)14-7-5-13(6-8-14)10-16(20)17-11-15-4-3-9-21-15/h5-8,15H,3-4,9-11H2,1-2H3,(H,17,20). The number of carbonyl (C=O) groups excluding carboxylic acids is 2. The van der Waals surface area contributed by atoms with Crippen molar-refractivity contribution < 1.29 is 14.3 Å². The van der Waals surface area contributed by atoms with Crippen LogP contribution in [0.15, 0.2) is 24.3 Å². The quantitative estimate of drug-likeness (QED) is 0.894. The van der Waals surface area contributed by atoms with Crippen LogP contribution in [0, 0.1) is 0 Å². The molecule has 21 heavy (non-hydrogen) atoms. The van der Waals surface area contributed by atoms with Crippen LogP contribution in [-0.2, 0) is 20.7 Å². The molecule has 1 unspecified atom stereocenters. The van der Waals surface area contributed by atoms with Gasteiger partial charge in [-0.2, -0.15) is 0 Å². The van der Waals surface area contributed by atoms with Gasteiger partial charge < -0.3 is 15.0 Å². The number of amides is 2. The van der Waals surface area contributed by atoms with E-state index < -0.39 is 0 Å². The zero-order valence-corrected chi connectivity index (χ0v) is 12.6. The fraction of sp³-hybridized carbons (Fsp3) is 0.500. The molecule has 5 heteroatoms. The first kappa shape index (κ1) is 15.5. The van der Waals surface area contributed by atoms with E-state index in [2.05, 4.69) is 5.32 Å². The molecule has 0 radical (unpaired) electrons. The lowest BCUT2D eigenvalue weighted by molar-refractivity contribution is -0.121. The predicted octanol–water partition coefficient (Wildman–Crippen LogP) is 1.51. The first-order chi connectivity index (χ1) is 10.1. The Kier molecular flexibility index (Phi) is 5.33. The second kappa shape index (κ2) is 7.22. The van der Waals surface area contributed by atoms with Crippen LogP contribution in [-0.4, -0.2) is 38.1 Å². The van der Waals surface area contributed by atoms with Crippen molar-refractivity contribution >= 4 is 17.5 Å². The van der Waals surface area contributed by atoms with Gasteiger partial charge in [0.15, 0.2) is 0 Å². The van der Waals surface area contributed by atoms with Crippen LogP contribution in [0.2, 0.25) is 0 Å². The van der Waals surface area contributed by atoms with Crippen molar-refractivity contribution in [3.8, 4) is 0 Å². The zero-order chi connectivity index (χ0) is 15.2. The van der Waals surface area contributed by atoms with Gasteiger partial charge in [0.25, 0.3) is 0 Å². The van der Waals surface area contributed by atoms with E-state index >= 15 is 0 Å². The van der Waals surface area contributed by atoms with Crippen LogP contribution in [0.5, 0.6) is 0 Å². The summed E-state index contributed by atoms with van der Waals surface area (Å²) < 4.78 is 5.47. The molecule has 0 aromatic heterocycles. The van der Waals surface area contributed by atoms with Gasteiger partial charge >= 0.3 is 0 Å². The second-order valence-corrected chi connectivity index (χ2v) is 5.36. The molecule has 1 aromatic carbocycles. The van der Waals surface area contributed by atoms with E-state index in [-0.39, 0.29) is 17.9 Å². The lowest BCUT2D eigenvalue weighted by Crippen LogP contribution is -2.32. The van der Waals surface area contributed by atoms with Crippen LogP contribution < -0.4 is 10.2 Å². The van der Waals surface area contributed by atoms with Crippen molar-refractivity contribution in [3.05, 3.63) is 29.8 Å². The van der Waals surface area contributed by atoms with Gasteiger partial charge in [-0.15, -0.1) is 0 Å². The van der Waals surface area contributed by atoms with E-state index in [1.165, 1.54) is 6.92 Å². The minimum atomic E-state index is -0.0166. The molecule has 1 aromatic rings. The van der Waals surface area contributed by atoms with Gasteiger partial charge in [0, 0.05) is 32.8 Å². The van der Waals surface area contributed by atoms with Crippen molar-refractivity contribution in [3.63, 3.8) is 0 Å². The van der Waals surface area contributed by atoms with Gasteiger partial charge in [-0.1, -0.05) is 12.1 Å². The van der Waals surface area contributed by atoms with Crippen molar-refractivity contribution in [1.82, 2.24) is 5.32 Å². The number of ether oxygens (including phenoxy) is 1. The molecule has 1 aliphatic rings. The van der Waals surface area contributed by atoms with Crippen molar-refractivity contribution in [1.29, 1.82) is 0 Å². The summed E-state index contributed by atoms with van der Waals surface area (Å²) in [5.74, 6) is -0.0183. The number of hydrogen-bond acceptors (Lipinski definition) is 3. The SMILES string of the molecule is CC(=O)N(C)c1ccc(CC(=O)NCC2CCCO2)cc1. The maximum atomic E-state index is 11.9. The molecule has 1 saturated heterocycles. The lowest BCUT2D eigenvalue weighted by atomic mass is 10.1. The maximum absolute atomic E-state index is 11.9. The molecule has 2 amide bonds. The van der Waals surface area contributed by atoms with Crippen LogP contribution in [0.25, 0.3) is 0 Å². The third-order valence-electron chi connectivity index (χ3n) is 3.71. The third-order valence-corrected chi connectivity index (χ3v) is 3.71. The number of nitrogens with zero attached hydrogens (tertiary/aromatic N) is 1. The Morgan fingerprint density at radius 3 is 2.62 bits per heavy atom. The fourth-order valence-corrected chi connectivity index (χ4v) is 2.30. The molecular formula is C16H22N2O3. The number of carbonyl (C=O) groups is 2. The summed E-state index contributed by atoms with van der Waals surface area (Å²) in [6, 6.07) is 7.45. The van der Waals surface area contributed by atoms with Crippen molar-refractivity contribution in [2.24, 2.45) is 0 Å². The topological polar surface area (TPSA) is 58.6 Å². The smallest absolute Gasteiger partial charge is 0.224 e. The van der Waals surface area contributed by atoms with E-state index in [9.17, 15) is 9.59 Å². The molecule has 5 nitrogen and oxygen atoms in total. The molecule has 1 N–H and O–H groups in total. The van der Waals surface area contributed by atoms with Crippen molar-refractivity contribution in [2.45, 2.75) is 32.3 Å². The minimum absolute atomic E-state index is 0.00169. The van der Waals surface area contributed by atoms with E-state index in [1.54, 1.807) is 11.9 Å². The number of benzene rings is 1. The van der Waals surface area contributed by atoms with Crippen molar-refractivity contribution in [2.75, 3.05) is 25.1 Å². The summed E-state index contributed by atoms with van der Waals surface area (Å²) in [5.41, 5.74) is 1.76. The summed E-state index contributed by atoms with van der Waals surface area (Å²) in [5, 5.41) is 2.90. The number of rotatable bonds is 5. The Hall–Kier alpha value is -1.88. The maximum Gasteiger partial charge on any atom is 0.224 e. The number of anilines is 1. The molecule has 1 heterocycles. The largest absolute Gasteiger partial charge is 0.376 e. The first-order valence-electron chi connectivity index (χ1n) is 7.28. The van der Waals surface area contributed by atoms with E-state index in [1.807, 2.05) is 24.3 Å². The van der Waals surface area contributed by atoms with Gasteiger partial charge in [-0.25, -0.2) is 0 Å². The van der Waals surface area contributed by atoms with Crippen LogP contribution in [0.3, 0.4) is 0 Å². The molecular weight excluding hydrogens is 268 g/mol. The minimum Gasteiger partial charge on any atom is -0.376 e. The van der Waals surface area contributed by atoms with E-state index in [0.717, 1.165) is 30.7 Å². The molecule has 0 spiro atoms. The number of nitrogens with one attached hydrogen (secondary N) is 1. The highest BCUT2D eigenvalue weighted by Crippen LogP contribution is 2.14. The highest BCUT2D eigenvalue weighted by atomic mass is 16.5. The average Bonchev–Trinajstić information content (AvgIpc) is 2.98. The molecule has 0 bridgehead atoms. The molecule has 114 valence electrons. The predicted molar refractivity (Wildman–Crippen MR) is 81.2 cm³/mol. The molecule has 0 saturated carbocycles. The molecule has 1 fully saturated rings. The second-order valence-electron chi connectivity index (χ2n) is 5.36. The van der Waals surface area contributed by atoms with E-state index in [0.29, 0.717) is 13.0 Å². The monoisotopic (exact) mass is 290 g/mol. The van der Waals surface area contributed by atoms with Gasteiger partial charge in [0.2, 0.25) is 11.8 Å². The summed E-state index contributed by atoms with van der Waals surface area (Å²) in [6.07, 6.45) is 2.61. The Balaban J connectivity index is 1.82. The summed E-state index contributed by atoms with van der Waals surface area (Å²) in [6.45, 7) is 2.90.